The smallest absolute Gasteiger partial charge is 0.215 e. The molecule has 0 unspecified atom stereocenters. The first kappa shape index (κ1) is 10.7. The number of rotatable bonds is 4. The van der Waals surface area contributed by atoms with E-state index in [-0.39, 0.29) is 24.7 Å². The van der Waals surface area contributed by atoms with Crippen molar-refractivity contribution in [2.45, 2.75) is 18.4 Å². The van der Waals surface area contributed by atoms with Gasteiger partial charge in [-0.15, -0.1) is 11.6 Å². The molecule has 0 aromatic carbocycles. The van der Waals surface area contributed by atoms with E-state index < -0.39 is 15.6 Å². The zero-order chi connectivity index (χ0) is 10.4. The topological polar surface area (TPSA) is 57.6 Å². The Labute approximate surface area is 88.9 Å². The standard InChI is InChI=1S/C8H14ClNO3S/c9-3-4-14(12,13)10-5-8(11,6-10)7-1-2-7/h7,11H,1-6H2. The average molecular weight is 240 g/mol. The normalized spacial score (nSPS) is 27.3. The van der Waals surface area contributed by atoms with Crippen LogP contribution < -0.4 is 0 Å². The molecule has 0 aromatic heterocycles. The molecule has 2 fully saturated rings. The van der Waals surface area contributed by atoms with Crippen molar-refractivity contribution in [1.82, 2.24) is 4.31 Å². The van der Waals surface area contributed by atoms with E-state index in [1.54, 1.807) is 0 Å². The minimum absolute atomic E-state index is 0.0324. The second-order valence-electron chi connectivity index (χ2n) is 4.15. The molecule has 2 aliphatic rings. The van der Waals surface area contributed by atoms with E-state index in [1.807, 2.05) is 0 Å². The summed E-state index contributed by atoms with van der Waals surface area (Å²) in [6, 6.07) is 0. The molecular weight excluding hydrogens is 226 g/mol. The van der Waals surface area contributed by atoms with Gasteiger partial charge >= 0.3 is 0 Å². The molecule has 1 N–H and O–H groups in total. The number of alkyl halides is 1. The third-order valence-electron chi connectivity index (χ3n) is 2.97. The maximum absolute atomic E-state index is 11.5. The highest BCUT2D eigenvalue weighted by molar-refractivity contribution is 7.89. The molecule has 14 heavy (non-hydrogen) atoms. The zero-order valence-corrected chi connectivity index (χ0v) is 9.39. The number of nitrogens with zero attached hydrogens (tertiary/aromatic N) is 1. The van der Waals surface area contributed by atoms with E-state index in [2.05, 4.69) is 0 Å². The van der Waals surface area contributed by atoms with Crippen molar-refractivity contribution in [3.63, 3.8) is 0 Å². The predicted octanol–water partition coefficient (Wildman–Crippen LogP) is 0.0117. The highest BCUT2D eigenvalue weighted by Crippen LogP contribution is 2.45. The molecule has 82 valence electrons. The van der Waals surface area contributed by atoms with Crippen LogP contribution in [0.4, 0.5) is 0 Å². The summed E-state index contributed by atoms with van der Waals surface area (Å²) < 4.78 is 24.3. The van der Waals surface area contributed by atoms with Gasteiger partial charge in [0, 0.05) is 19.0 Å². The van der Waals surface area contributed by atoms with E-state index >= 15 is 0 Å². The first-order valence-electron chi connectivity index (χ1n) is 4.74. The van der Waals surface area contributed by atoms with Crippen molar-refractivity contribution in [3.05, 3.63) is 0 Å². The lowest BCUT2D eigenvalue weighted by Crippen LogP contribution is -2.64. The van der Waals surface area contributed by atoms with Crippen LogP contribution in [0.3, 0.4) is 0 Å². The SMILES string of the molecule is O=S(=O)(CCCl)N1CC(O)(C2CC2)C1. The molecular formula is C8H14ClNO3S. The largest absolute Gasteiger partial charge is 0.387 e. The van der Waals surface area contributed by atoms with Crippen molar-refractivity contribution >= 4 is 21.6 Å². The van der Waals surface area contributed by atoms with Crippen LogP contribution in [0.1, 0.15) is 12.8 Å². The third-order valence-corrected chi connectivity index (χ3v) is 5.14. The number of hydrogen-bond donors (Lipinski definition) is 1. The number of halogens is 1. The third kappa shape index (κ3) is 1.78. The molecule has 0 bridgehead atoms. The average Bonchev–Trinajstić information content (AvgIpc) is 2.80. The molecule has 2 rings (SSSR count). The van der Waals surface area contributed by atoms with Crippen LogP contribution in [0.5, 0.6) is 0 Å². The van der Waals surface area contributed by atoms with Crippen molar-refractivity contribution in [2.24, 2.45) is 5.92 Å². The summed E-state index contributed by atoms with van der Waals surface area (Å²) in [6.45, 7) is 0.522. The molecule has 1 aliphatic carbocycles. The lowest BCUT2D eigenvalue weighted by molar-refractivity contribution is -0.0764. The predicted molar refractivity (Wildman–Crippen MR) is 53.8 cm³/mol. The quantitative estimate of drug-likeness (QED) is 0.704. The summed E-state index contributed by atoms with van der Waals surface area (Å²) in [5, 5.41) is 9.91. The first-order valence-corrected chi connectivity index (χ1v) is 6.88. The Morgan fingerprint density at radius 1 is 1.43 bits per heavy atom. The summed E-state index contributed by atoms with van der Waals surface area (Å²) in [7, 11) is -3.21. The number of aliphatic hydroxyl groups is 1. The molecule has 0 aromatic rings. The van der Waals surface area contributed by atoms with Gasteiger partial charge in [0.1, 0.15) is 0 Å². The first-order chi connectivity index (χ1) is 6.48. The molecule has 0 amide bonds. The zero-order valence-electron chi connectivity index (χ0n) is 7.82. The van der Waals surface area contributed by atoms with Gasteiger partial charge in [-0.1, -0.05) is 0 Å². The number of hydrogen-bond acceptors (Lipinski definition) is 3. The van der Waals surface area contributed by atoms with Crippen LogP contribution in [-0.2, 0) is 10.0 Å². The molecule has 0 spiro atoms. The van der Waals surface area contributed by atoms with Crippen LogP contribution in [0.15, 0.2) is 0 Å². The molecule has 1 aliphatic heterocycles. The van der Waals surface area contributed by atoms with Gasteiger partial charge in [0.2, 0.25) is 10.0 Å². The maximum atomic E-state index is 11.5. The van der Waals surface area contributed by atoms with Crippen LogP contribution in [-0.4, -0.2) is 48.2 Å². The van der Waals surface area contributed by atoms with E-state index in [1.165, 1.54) is 4.31 Å². The van der Waals surface area contributed by atoms with Crippen molar-refractivity contribution in [1.29, 1.82) is 0 Å². The van der Waals surface area contributed by atoms with E-state index in [0.29, 0.717) is 5.92 Å². The minimum Gasteiger partial charge on any atom is -0.387 e. The van der Waals surface area contributed by atoms with Gasteiger partial charge in [-0.3, -0.25) is 0 Å². The van der Waals surface area contributed by atoms with Gasteiger partial charge in [0.05, 0.1) is 11.4 Å². The Morgan fingerprint density at radius 2 is 2.00 bits per heavy atom. The molecule has 1 saturated heterocycles. The summed E-state index contributed by atoms with van der Waals surface area (Å²) in [6.07, 6.45) is 2.06. The fourth-order valence-electron chi connectivity index (χ4n) is 1.87. The molecule has 1 saturated carbocycles. The Hall–Kier alpha value is 0.160. The van der Waals surface area contributed by atoms with Crippen LogP contribution in [0.2, 0.25) is 0 Å². The van der Waals surface area contributed by atoms with Gasteiger partial charge in [-0.05, 0) is 18.8 Å². The fourth-order valence-corrected chi connectivity index (χ4v) is 3.75. The van der Waals surface area contributed by atoms with E-state index in [9.17, 15) is 13.5 Å². The second kappa shape index (κ2) is 3.33. The van der Waals surface area contributed by atoms with Crippen LogP contribution >= 0.6 is 11.6 Å². The Kier molecular flexibility index (Phi) is 2.54. The van der Waals surface area contributed by atoms with Gasteiger partial charge in [0.25, 0.3) is 0 Å². The fraction of sp³-hybridized carbons (Fsp3) is 1.00. The number of sulfonamides is 1. The van der Waals surface area contributed by atoms with Crippen molar-refractivity contribution < 1.29 is 13.5 Å². The molecule has 1 heterocycles. The minimum atomic E-state index is -3.21. The number of β-amino-alcohol motifs (C(OH)–C–C–N with tert-alkyl or cyclic N) is 1. The molecule has 0 atom stereocenters. The summed E-state index contributed by atoms with van der Waals surface area (Å²) in [5.74, 6) is 0.403. The summed E-state index contributed by atoms with van der Waals surface area (Å²) >= 11 is 5.39. The molecule has 6 heteroatoms. The monoisotopic (exact) mass is 239 g/mol. The van der Waals surface area contributed by atoms with Gasteiger partial charge < -0.3 is 5.11 Å². The van der Waals surface area contributed by atoms with Gasteiger partial charge in [0.15, 0.2) is 0 Å². The summed E-state index contributed by atoms with van der Waals surface area (Å²) in [5.41, 5.74) is -0.737. The Balaban J connectivity index is 1.93. The Morgan fingerprint density at radius 3 is 2.43 bits per heavy atom. The summed E-state index contributed by atoms with van der Waals surface area (Å²) in [4.78, 5) is 0. The van der Waals surface area contributed by atoms with E-state index in [0.717, 1.165) is 12.8 Å². The Bertz CT molecular complexity index is 319. The molecule has 0 radical (unpaired) electrons. The highest BCUT2D eigenvalue weighted by Gasteiger charge is 2.54. The van der Waals surface area contributed by atoms with E-state index in [4.69, 9.17) is 11.6 Å². The second-order valence-corrected chi connectivity index (χ2v) is 6.62. The van der Waals surface area contributed by atoms with Crippen molar-refractivity contribution in [2.75, 3.05) is 24.7 Å². The van der Waals surface area contributed by atoms with Crippen LogP contribution in [0, 0.1) is 5.92 Å². The maximum Gasteiger partial charge on any atom is 0.215 e. The highest BCUT2D eigenvalue weighted by atomic mass is 35.5. The van der Waals surface area contributed by atoms with Crippen LogP contribution in [0.25, 0.3) is 0 Å². The lowest BCUT2D eigenvalue weighted by atomic mass is 9.91. The van der Waals surface area contributed by atoms with Gasteiger partial charge in [-0.2, -0.15) is 4.31 Å². The lowest BCUT2D eigenvalue weighted by Gasteiger charge is -2.45. The van der Waals surface area contributed by atoms with Crippen molar-refractivity contribution in [3.8, 4) is 0 Å². The van der Waals surface area contributed by atoms with Gasteiger partial charge in [-0.25, -0.2) is 8.42 Å². The molecule has 4 nitrogen and oxygen atoms in total.